The number of hydrogen-bond acceptors (Lipinski definition) is 5. The second-order valence-corrected chi connectivity index (χ2v) is 19.3. The van der Waals surface area contributed by atoms with Gasteiger partial charge in [-0.25, -0.2) is 0 Å². The van der Waals surface area contributed by atoms with Crippen molar-refractivity contribution in [1.82, 2.24) is 0 Å². The van der Waals surface area contributed by atoms with Gasteiger partial charge in [0.1, 0.15) is 12.0 Å². The standard InChI is InChI=1S/C29H42N2O4S2Si/c1-9-38(10-2,11-3)34-26-13-12-14-29(23-26)37(35-36(8,32)33,27-19-15-24(16-20-27)30(4)5)28-21-17-25(18-22-28)31(6)7/h12-23H,9-11H2,1-8H3/p+1. The van der Waals surface area contributed by atoms with Crippen LogP contribution in [-0.4, -0.2) is 54.8 Å². The highest BCUT2D eigenvalue weighted by Gasteiger charge is 2.42. The summed E-state index contributed by atoms with van der Waals surface area (Å²) in [6.07, 6.45) is 1.18. The highest BCUT2D eigenvalue weighted by molar-refractivity contribution is 8.32. The predicted molar refractivity (Wildman–Crippen MR) is 166 cm³/mol. The molecule has 1 N–H and O–H groups in total. The molecule has 0 amide bonds. The van der Waals surface area contributed by atoms with Crippen LogP contribution in [0, 0.1) is 0 Å². The Morgan fingerprint density at radius 1 is 0.711 bits per heavy atom. The first-order valence-electron chi connectivity index (χ1n) is 13.0. The van der Waals surface area contributed by atoms with E-state index >= 15 is 0 Å². The van der Waals surface area contributed by atoms with Crippen molar-refractivity contribution in [2.24, 2.45) is 0 Å². The summed E-state index contributed by atoms with van der Waals surface area (Å²) in [5, 5.41) is 0. The molecule has 0 aliphatic heterocycles. The molecule has 0 aromatic heterocycles. The molecule has 0 aliphatic rings. The molecule has 3 rings (SSSR count). The van der Waals surface area contributed by atoms with Crippen molar-refractivity contribution in [3.8, 4) is 5.75 Å². The molecule has 6 nitrogen and oxygen atoms in total. The lowest BCUT2D eigenvalue weighted by atomic mass is 10.3. The van der Waals surface area contributed by atoms with Crippen molar-refractivity contribution < 1.29 is 16.5 Å². The minimum Gasteiger partial charge on any atom is -0.543 e. The molecule has 0 unspecified atom stereocenters. The molecular formula is C29H43N2O4S2Si+. The van der Waals surface area contributed by atoms with Gasteiger partial charge in [0.15, 0.2) is 0 Å². The highest BCUT2D eigenvalue weighted by atomic mass is 32.3. The fourth-order valence-electron chi connectivity index (χ4n) is 4.56. The van der Waals surface area contributed by atoms with Crippen molar-refractivity contribution in [2.45, 2.75) is 53.6 Å². The molecule has 0 saturated heterocycles. The summed E-state index contributed by atoms with van der Waals surface area (Å²) in [5.74, 6) is 0.787. The summed E-state index contributed by atoms with van der Waals surface area (Å²) in [7, 11) is -0.254. The van der Waals surface area contributed by atoms with E-state index in [0.29, 0.717) is 0 Å². The van der Waals surface area contributed by atoms with E-state index in [0.717, 1.165) is 49.9 Å². The predicted octanol–water partition coefficient (Wildman–Crippen LogP) is 7.45. The first-order chi connectivity index (χ1) is 17.9. The Bertz CT molecular complexity index is 1250. The van der Waals surface area contributed by atoms with E-state index in [1.165, 1.54) is 6.26 Å². The third-order valence-corrected chi connectivity index (χ3v) is 16.4. The van der Waals surface area contributed by atoms with Crippen LogP contribution in [0.2, 0.25) is 18.1 Å². The van der Waals surface area contributed by atoms with E-state index in [9.17, 15) is 8.42 Å². The number of benzene rings is 3. The van der Waals surface area contributed by atoms with E-state index in [4.69, 9.17) is 4.43 Å². The van der Waals surface area contributed by atoms with Gasteiger partial charge < -0.3 is 14.2 Å². The Labute approximate surface area is 232 Å². The maximum absolute atomic E-state index is 13.0. The minimum absolute atomic E-state index is 0.787. The summed E-state index contributed by atoms with van der Waals surface area (Å²) in [6, 6.07) is 27.1. The number of nitrogens with zero attached hydrogens (tertiary/aromatic N) is 2. The molecule has 3 aromatic rings. The van der Waals surface area contributed by atoms with E-state index < -0.39 is 28.7 Å². The van der Waals surface area contributed by atoms with Gasteiger partial charge in [0, 0.05) is 39.6 Å². The molecule has 0 saturated carbocycles. The molecule has 38 heavy (non-hydrogen) atoms. The molecule has 0 atom stereocenters. The lowest BCUT2D eigenvalue weighted by Crippen LogP contribution is -2.39. The SMILES string of the molecule is CC[Si](CC)(CC)Oc1cccc(S([OH+]S(C)(=O)=O)(c2ccc(N(C)C)cc2)c2ccc(N(C)C)cc2)c1. The topological polar surface area (TPSA) is 62.7 Å². The normalized spacial score (nSPS) is 12.7. The van der Waals surface area contributed by atoms with Gasteiger partial charge in [-0.2, -0.15) is 8.42 Å². The number of anilines is 2. The summed E-state index contributed by atoms with van der Waals surface area (Å²) in [6.45, 7) is 6.61. The van der Waals surface area contributed by atoms with Gasteiger partial charge in [0.2, 0.25) is 8.32 Å². The van der Waals surface area contributed by atoms with Crippen molar-refractivity contribution in [3.05, 3.63) is 72.8 Å². The Balaban J connectivity index is 2.33. The van der Waals surface area contributed by atoms with Gasteiger partial charge in [-0.15, -0.1) is 0 Å². The van der Waals surface area contributed by atoms with Crippen LogP contribution in [-0.2, 0) is 10.1 Å². The summed E-state index contributed by atoms with van der Waals surface area (Å²) in [5.41, 5.74) is 2.07. The maximum Gasteiger partial charge on any atom is 0.387 e. The molecule has 0 aliphatic carbocycles. The zero-order valence-electron chi connectivity index (χ0n) is 23.9. The molecule has 0 radical (unpaired) electrons. The smallest absolute Gasteiger partial charge is 0.387 e. The monoisotopic (exact) mass is 575 g/mol. The zero-order chi connectivity index (χ0) is 28.1. The second kappa shape index (κ2) is 12.2. The third kappa shape index (κ3) is 6.57. The van der Waals surface area contributed by atoms with Crippen LogP contribution in [0.15, 0.2) is 87.5 Å². The van der Waals surface area contributed by atoms with Gasteiger partial charge >= 0.3 is 10.1 Å². The second-order valence-electron chi connectivity index (χ2n) is 9.98. The third-order valence-electron chi connectivity index (χ3n) is 7.05. The average molecular weight is 576 g/mol. The van der Waals surface area contributed by atoms with Crippen LogP contribution >= 0.6 is 10.3 Å². The molecule has 3 aromatic carbocycles. The van der Waals surface area contributed by atoms with E-state index in [-0.39, 0.29) is 0 Å². The lowest BCUT2D eigenvalue weighted by molar-refractivity contribution is 0.392. The van der Waals surface area contributed by atoms with Crippen LogP contribution < -0.4 is 14.2 Å². The zero-order valence-corrected chi connectivity index (χ0v) is 26.6. The molecule has 0 fully saturated rings. The Kier molecular flexibility index (Phi) is 9.62. The number of hydrogen-bond donors (Lipinski definition) is 0. The largest absolute Gasteiger partial charge is 0.543 e. The Morgan fingerprint density at radius 2 is 1.16 bits per heavy atom. The molecule has 0 spiro atoms. The van der Waals surface area contributed by atoms with E-state index in [1.54, 1.807) is 0 Å². The van der Waals surface area contributed by atoms with Crippen molar-refractivity contribution >= 4 is 40.1 Å². The fraction of sp³-hybridized carbons (Fsp3) is 0.379. The average Bonchev–Trinajstić information content (AvgIpc) is 2.90. The van der Waals surface area contributed by atoms with Crippen LogP contribution in [0.4, 0.5) is 11.4 Å². The first-order valence-corrected chi connectivity index (χ1v) is 19.0. The fourth-order valence-corrected chi connectivity index (χ4v) is 12.2. The van der Waals surface area contributed by atoms with Crippen molar-refractivity contribution in [2.75, 3.05) is 44.2 Å². The Hall–Kier alpha value is -2.46. The number of rotatable bonds is 12. The Morgan fingerprint density at radius 3 is 1.53 bits per heavy atom. The van der Waals surface area contributed by atoms with E-state index in [2.05, 4.69) is 24.4 Å². The molecule has 0 heterocycles. The van der Waals surface area contributed by atoms with Crippen LogP contribution in [0.25, 0.3) is 0 Å². The van der Waals surface area contributed by atoms with Gasteiger partial charge in [0.25, 0.3) is 0 Å². The summed E-state index contributed by atoms with van der Waals surface area (Å²) >= 11 is 0. The minimum atomic E-state index is -3.73. The summed E-state index contributed by atoms with van der Waals surface area (Å²) in [4.78, 5) is 6.60. The maximum atomic E-state index is 13.0. The molecule has 0 bridgehead atoms. The quantitative estimate of drug-likeness (QED) is 0.127. The van der Waals surface area contributed by atoms with Crippen LogP contribution in [0.5, 0.6) is 5.75 Å². The van der Waals surface area contributed by atoms with Gasteiger partial charge in [0.05, 0.1) is 25.0 Å². The first kappa shape index (κ1) is 30.1. The van der Waals surface area contributed by atoms with Gasteiger partial charge in [-0.05, 0) is 84.9 Å². The van der Waals surface area contributed by atoms with Crippen molar-refractivity contribution in [1.29, 1.82) is 0 Å². The van der Waals surface area contributed by atoms with Crippen LogP contribution in [0.3, 0.4) is 0 Å². The van der Waals surface area contributed by atoms with Crippen LogP contribution in [0.1, 0.15) is 20.8 Å². The molecular weight excluding hydrogens is 533 g/mol. The van der Waals surface area contributed by atoms with Crippen molar-refractivity contribution in [3.63, 3.8) is 0 Å². The van der Waals surface area contributed by atoms with Gasteiger partial charge in [-0.3, -0.25) is 3.63 Å². The molecule has 208 valence electrons. The summed E-state index contributed by atoms with van der Waals surface area (Å²) < 4.78 is 37.4. The molecule has 9 heteroatoms. The van der Waals surface area contributed by atoms with Gasteiger partial charge in [-0.1, -0.05) is 26.8 Å². The highest BCUT2D eigenvalue weighted by Crippen LogP contribution is 2.68. The van der Waals surface area contributed by atoms with E-state index in [1.807, 2.05) is 111 Å². The lowest BCUT2D eigenvalue weighted by Gasteiger charge is -2.36.